The van der Waals surface area contributed by atoms with Gasteiger partial charge < -0.3 is 9.47 Å². The Labute approximate surface area is 180 Å². The van der Waals surface area contributed by atoms with E-state index in [-0.39, 0.29) is 11.5 Å². The Hall–Kier alpha value is -3.07. The molecule has 2 aromatic carbocycles. The molecule has 31 heavy (non-hydrogen) atoms. The number of aryl methyl sites for hydroxylation is 1. The van der Waals surface area contributed by atoms with Gasteiger partial charge in [-0.25, -0.2) is 13.1 Å². The second-order valence-corrected chi connectivity index (χ2v) is 9.67. The Morgan fingerprint density at radius 1 is 1.26 bits per heavy atom. The summed E-state index contributed by atoms with van der Waals surface area (Å²) in [6, 6.07) is 8.70. The molecule has 1 fully saturated rings. The summed E-state index contributed by atoms with van der Waals surface area (Å²) >= 11 is 0. The lowest BCUT2D eigenvalue weighted by atomic mass is 9.78. The number of benzene rings is 2. The molecular weight excluding hydrogens is 418 g/mol. The number of carbonyl (C=O) groups excluding carboxylic acids is 1. The Balaban J connectivity index is 1.49. The Morgan fingerprint density at radius 3 is 2.77 bits per heavy atom. The number of methoxy groups -OCH3 is 1. The number of carbonyl (C=O) groups is 1. The van der Waals surface area contributed by atoms with E-state index in [0.717, 1.165) is 18.4 Å². The largest absolute Gasteiger partial charge is 0.496 e. The fourth-order valence-corrected chi connectivity index (χ4v) is 5.72. The van der Waals surface area contributed by atoms with E-state index in [1.807, 2.05) is 12.1 Å². The molecule has 2 aliphatic rings. The van der Waals surface area contributed by atoms with Crippen LogP contribution in [-0.4, -0.2) is 37.8 Å². The van der Waals surface area contributed by atoms with Crippen molar-refractivity contribution in [3.05, 3.63) is 47.7 Å². The molecule has 162 valence electrons. The molecule has 1 saturated carbocycles. The van der Waals surface area contributed by atoms with Crippen LogP contribution >= 0.6 is 0 Å². The number of sulfonamides is 1. The number of nitrogens with zero attached hydrogens (tertiary/aromatic N) is 2. The molecule has 1 aliphatic heterocycles. The average Bonchev–Trinajstić information content (AvgIpc) is 3.31. The van der Waals surface area contributed by atoms with Crippen molar-refractivity contribution >= 4 is 26.8 Å². The van der Waals surface area contributed by atoms with Crippen molar-refractivity contribution in [1.29, 1.82) is 0 Å². The van der Waals surface area contributed by atoms with Crippen molar-refractivity contribution in [2.75, 3.05) is 13.7 Å². The molecular formula is C22H23N3O5S. The lowest BCUT2D eigenvalue weighted by Crippen LogP contribution is -2.35. The van der Waals surface area contributed by atoms with Crippen LogP contribution in [0, 0.1) is 0 Å². The predicted molar refractivity (Wildman–Crippen MR) is 114 cm³/mol. The zero-order valence-electron chi connectivity index (χ0n) is 17.3. The quantitative estimate of drug-likeness (QED) is 0.654. The molecule has 5 rings (SSSR count). The molecule has 1 amide bonds. The molecule has 0 spiro atoms. The third kappa shape index (κ3) is 3.15. The minimum Gasteiger partial charge on any atom is -0.496 e. The van der Waals surface area contributed by atoms with Gasteiger partial charge in [-0.3, -0.25) is 9.48 Å². The van der Waals surface area contributed by atoms with E-state index in [9.17, 15) is 13.2 Å². The Morgan fingerprint density at radius 2 is 2.06 bits per heavy atom. The van der Waals surface area contributed by atoms with Crippen LogP contribution in [0.5, 0.6) is 11.5 Å². The number of hydrogen-bond acceptors (Lipinski definition) is 6. The highest BCUT2D eigenvalue weighted by Gasteiger charge is 2.39. The van der Waals surface area contributed by atoms with E-state index in [4.69, 9.17) is 9.47 Å². The lowest BCUT2D eigenvalue weighted by Gasteiger charge is -2.27. The summed E-state index contributed by atoms with van der Waals surface area (Å²) in [4.78, 5) is 13.1. The molecule has 0 unspecified atom stereocenters. The fraction of sp³-hybridized carbons (Fsp3) is 0.364. The third-order valence-corrected chi connectivity index (χ3v) is 7.64. The first kappa shape index (κ1) is 19.9. The number of rotatable bonds is 5. The van der Waals surface area contributed by atoms with Crippen LogP contribution in [0.3, 0.4) is 0 Å². The van der Waals surface area contributed by atoms with E-state index in [0.29, 0.717) is 33.9 Å². The first-order chi connectivity index (χ1) is 14.9. The van der Waals surface area contributed by atoms with Crippen LogP contribution in [0.4, 0.5) is 0 Å². The van der Waals surface area contributed by atoms with Gasteiger partial charge in [0.15, 0.2) is 0 Å². The van der Waals surface area contributed by atoms with Crippen LogP contribution < -0.4 is 14.2 Å². The summed E-state index contributed by atoms with van der Waals surface area (Å²) in [5.74, 6) is 0.192. The van der Waals surface area contributed by atoms with Crippen molar-refractivity contribution in [3.63, 3.8) is 0 Å². The topological polar surface area (TPSA) is 99.5 Å². The van der Waals surface area contributed by atoms with Gasteiger partial charge in [-0.1, -0.05) is 24.6 Å². The summed E-state index contributed by atoms with van der Waals surface area (Å²) in [5, 5.41) is 4.80. The summed E-state index contributed by atoms with van der Waals surface area (Å²) in [5.41, 5.74) is 2.13. The van der Waals surface area contributed by atoms with Crippen LogP contribution in [0.15, 0.2) is 41.4 Å². The average molecular weight is 442 g/mol. The van der Waals surface area contributed by atoms with Crippen LogP contribution in [-0.2, 0) is 21.9 Å². The van der Waals surface area contributed by atoms with Crippen LogP contribution in [0.25, 0.3) is 10.9 Å². The van der Waals surface area contributed by atoms with Gasteiger partial charge in [-0.15, -0.1) is 0 Å². The molecule has 1 atom stereocenters. The lowest BCUT2D eigenvalue weighted by molar-refractivity contribution is -0.121. The molecule has 2 heterocycles. The number of ether oxygens (including phenoxy) is 2. The molecule has 1 aromatic heterocycles. The standard InChI is InChI=1S/C22H23N3O5S/c1-25-20-14(11-23-25)7-4-8-18(20)31(27,28)24-22(26)16-12-30-21-15(13-5-3-6-13)9-10-17(29-2)19(16)21/h4,7-11,13,16H,3,5-6,12H2,1-2H3,(H,24,26)/t16-/m1/s1. The maximum atomic E-state index is 13.1. The highest BCUT2D eigenvalue weighted by molar-refractivity contribution is 7.90. The number of amides is 1. The molecule has 1 N–H and O–H groups in total. The summed E-state index contributed by atoms with van der Waals surface area (Å²) in [7, 11) is -0.917. The summed E-state index contributed by atoms with van der Waals surface area (Å²) in [6.45, 7) is 0.0761. The number of fused-ring (bicyclic) bond motifs is 2. The minimum absolute atomic E-state index is 0.00710. The van der Waals surface area contributed by atoms with E-state index in [1.165, 1.54) is 24.3 Å². The third-order valence-electron chi connectivity index (χ3n) is 6.26. The van der Waals surface area contributed by atoms with E-state index < -0.39 is 21.8 Å². The monoisotopic (exact) mass is 441 g/mol. The van der Waals surface area contributed by atoms with Crippen molar-refractivity contribution in [1.82, 2.24) is 14.5 Å². The van der Waals surface area contributed by atoms with Crippen LogP contribution in [0.1, 0.15) is 42.2 Å². The molecule has 9 heteroatoms. The second-order valence-electron chi connectivity index (χ2n) is 8.02. The van der Waals surface area contributed by atoms with Gasteiger partial charge in [0.25, 0.3) is 10.0 Å². The van der Waals surface area contributed by atoms with Gasteiger partial charge in [0.1, 0.15) is 28.9 Å². The number of nitrogens with one attached hydrogen (secondary N) is 1. The fourth-order valence-electron chi connectivity index (χ4n) is 4.44. The molecule has 1 aliphatic carbocycles. The van der Waals surface area contributed by atoms with Crippen molar-refractivity contribution in [2.24, 2.45) is 7.05 Å². The number of aromatic nitrogens is 2. The highest BCUT2D eigenvalue weighted by Crippen LogP contribution is 2.49. The number of hydrogen-bond donors (Lipinski definition) is 1. The van der Waals surface area contributed by atoms with Gasteiger partial charge >= 0.3 is 0 Å². The van der Waals surface area contributed by atoms with Gasteiger partial charge in [-0.05, 0) is 36.5 Å². The van der Waals surface area contributed by atoms with Gasteiger partial charge in [0.2, 0.25) is 5.91 Å². The van der Waals surface area contributed by atoms with Gasteiger partial charge in [-0.2, -0.15) is 5.10 Å². The number of para-hydroxylation sites is 1. The van der Waals surface area contributed by atoms with Gasteiger partial charge in [0, 0.05) is 12.4 Å². The second kappa shape index (κ2) is 7.26. The molecule has 3 aromatic rings. The SMILES string of the molecule is COc1ccc(C2CCC2)c2c1[C@H](C(=O)NS(=O)(=O)c1cccc3cnn(C)c13)CO2. The summed E-state index contributed by atoms with van der Waals surface area (Å²) < 4.78 is 41.4. The van der Waals surface area contributed by atoms with Crippen molar-refractivity contribution in [2.45, 2.75) is 36.0 Å². The van der Waals surface area contributed by atoms with Crippen molar-refractivity contribution < 1.29 is 22.7 Å². The van der Waals surface area contributed by atoms with Gasteiger partial charge in [0.05, 0.1) is 24.4 Å². The van der Waals surface area contributed by atoms with Crippen LogP contribution in [0.2, 0.25) is 0 Å². The highest BCUT2D eigenvalue weighted by atomic mass is 32.2. The first-order valence-electron chi connectivity index (χ1n) is 10.2. The minimum atomic E-state index is -4.11. The zero-order valence-corrected chi connectivity index (χ0v) is 18.1. The maximum Gasteiger partial charge on any atom is 0.266 e. The maximum absolute atomic E-state index is 13.1. The Bertz CT molecular complexity index is 1290. The normalized spacial score (nSPS) is 18.3. The zero-order chi connectivity index (χ0) is 21.8. The first-order valence-corrected chi connectivity index (χ1v) is 11.7. The molecule has 0 saturated heterocycles. The van der Waals surface area contributed by atoms with E-state index in [2.05, 4.69) is 9.82 Å². The smallest absolute Gasteiger partial charge is 0.266 e. The molecule has 0 bridgehead atoms. The van der Waals surface area contributed by atoms with Crippen molar-refractivity contribution in [3.8, 4) is 11.5 Å². The predicted octanol–water partition coefficient (Wildman–Crippen LogP) is 2.83. The molecule has 0 radical (unpaired) electrons. The molecule has 8 nitrogen and oxygen atoms in total. The van der Waals surface area contributed by atoms with E-state index >= 15 is 0 Å². The Kier molecular flexibility index (Phi) is 4.65. The summed E-state index contributed by atoms with van der Waals surface area (Å²) in [6.07, 6.45) is 4.93. The van der Waals surface area contributed by atoms with E-state index in [1.54, 1.807) is 25.4 Å².